The van der Waals surface area contributed by atoms with Gasteiger partial charge in [0.05, 0.1) is 16.1 Å². The Hall–Kier alpha value is -0.330. The van der Waals surface area contributed by atoms with Crippen LogP contribution in [-0.2, 0) is 4.79 Å². The van der Waals surface area contributed by atoms with Gasteiger partial charge in [-0.2, -0.15) is 0 Å². The third-order valence-electron chi connectivity index (χ3n) is 3.63. The Morgan fingerprint density at radius 3 is 2.95 bits per heavy atom. The molecule has 0 radical (unpaired) electrons. The second-order valence-electron chi connectivity index (χ2n) is 5.04. The summed E-state index contributed by atoms with van der Waals surface area (Å²) >= 11 is 8.37. The summed E-state index contributed by atoms with van der Waals surface area (Å²) in [4.78, 5) is 12.6. The van der Waals surface area contributed by atoms with Crippen molar-refractivity contribution in [3.05, 3.63) is 26.8 Å². The molecule has 1 aromatic carbocycles. The van der Waals surface area contributed by atoms with E-state index in [0.29, 0.717) is 10.7 Å². The predicted molar refractivity (Wildman–Crippen MR) is 87.6 cm³/mol. The maximum atomic E-state index is 12.6. The van der Waals surface area contributed by atoms with Crippen molar-refractivity contribution in [1.82, 2.24) is 5.32 Å². The van der Waals surface area contributed by atoms with Crippen LogP contribution in [0.5, 0.6) is 0 Å². The monoisotopic (exact) mass is 392 g/mol. The molecule has 3 nitrogen and oxygen atoms in total. The molecule has 1 unspecified atom stereocenters. The zero-order valence-corrected chi connectivity index (χ0v) is 13.8. The van der Waals surface area contributed by atoms with Gasteiger partial charge in [-0.1, -0.05) is 24.9 Å². The SMILES string of the molecule is CCCC1(C(=O)Nc2ccc(I)cc2Cl)CCNC1. The van der Waals surface area contributed by atoms with Gasteiger partial charge in [0, 0.05) is 10.1 Å². The molecular weight excluding hydrogens is 375 g/mol. The van der Waals surface area contributed by atoms with Crippen molar-refractivity contribution < 1.29 is 4.79 Å². The quantitative estimate of drug-likeness (QED) is 0.768. The fourth-order valence-corrected chi connectivity index (χ4v) is 3.49. The number of rotatable bonds is 4. The van der Waals surface area contributed by atoms with Gasteiger partial charge in [0.15, 0.2) is 0 Å². The maximum absolute atomic E-state index is 12.6. The minimum absolute atomic E-state index is 0.0856. The first-order chi connectivity index (χ1) is 9.07. The van der Waals surface area contributed by atoms with Crippen LogP contribution in [0.15, 0.2) is 18.2 Å². The minimum Gasteiger partial charge on any atom is -0.324 e. The molecule has 1 atom stereocenters. The van der Waals surface area contributed by atoms with Gasteiger partial charge in [-0.15, -0.1) is 0 Å². The van der Waals surface area contributed by atoms with E-state index < -0.39 is 0 Å². The number of benzene rings is 1. The molecular formula is C14H18ClIN2O. The topological polar surface area (TPSA) is 41.1 Å². The zero-order valence-electron chi connectivity index (χ0n) is 10.9. The summed E-state index contributed by atoms with van der Waals surface area (Å²) in [5.74, 6) is 0.0856. The molecule has 1 amide bonds. The summed E-state index contributed by atoms with van der Waals surface area (Å²) < 4.78 is 1.06. The first kappa shape index (κ1) is 15.1. The second-order valence-corrected chi connectivity index (χ2v) is 6.69. The number of halogens is 2. The number of amides is 1. The molecule has 19 heavy (non-hydrogen) atoms. The molecule has 1 aromatic rings. The molecule has 1 fully saturated rings. The van der Waals surface area contributed by atoms with Gasteiger partial charge in [0.2, 0.25) is 5.91 Å². The lowest BCUT2D eigenvalue weighted by atomic mass is 9.81. The van der Waals surface area contributed by atoms with Crippen molar-refractivity contribution in [2.75, 3.05) is 18.4 Å². The van der Waals surface area contributed by atoms with Crippen LogP contribution in [0.25, 0.3) is 0 Å². The van der Waals surface area contributed by atoms with E-state index in [1.165, 1.54) is 0 Å². The highest BCUT2D eigenvalue weighted by Gasteiger charge is 2.40. The Kier molecular flexibility index (Phi) is 5.09. The van der Waals surface area contributed by atoms with Gasteiger partial charge in [0.1, 0.15) is 0 Å². The predicted octanol–water partition coefficient (Wildman–Crippen LogP) is 3.66. The zero-order chi connectivity index (χ0) is 13.9. The lowest BCUT2D eigenvalue weighted by Crippen LogP contribution is -2.38. The van der Waals surface area contributed by atoms with Crippen LogP contribution < -0.4 is 10.6 Å². The Morgan fingerprint density at radius 2 is 2.37 bits per heavy atom. The summed E-state index contributed by atoms with van der Waals surface area (Å²) in [6.45, 7) is 3.79. The third-order valence-corrected chi connectivity index (χ3v) is 4.62. The number of hydrogen-bond acceptors (Lipinski definition) is 2. The average Bonchev–Trinajstić information content (AvgIpc) is 2.83. The van der Waals surface area contributed by atoms with Crippen molar-refractivity contribution >= 4 is 45.8 Å². The van der Waals surface area contributed by atoms with Gasteiger partial charge in [-0.25, -0.2) is 0 Å². The molecule has 0 aromatic heterocycles. The summed E-state index contributed by atoms with van der Waals surface area (Å²) in [7, 11) is 0. The van der Waals surface area contributed by atoms with Crippen LogP contribution in [0.2, 0.25) is 5.02 Å². The fraction of sp³-hybridized carbons (Fsp3) is 0.500. The van der Waals surface area contributed by atoms with Crippen LogP contribution >= 0.6 is 34.2 Å². The van der Waals surface area contributed by atoms with E-state index in [1.54, 1.807) is 0 Å². The number of hydrogen-bond donors (Lipinski definition) is 2. The minimum atomic E-state index is -0.277. The van der Waals surface area contributed by atoms with Crippen molar-refractivity contribution in [2.24, 2.45) is 5.41 Å². The van der Waals surface area contributed by atoms with E-state index in [-0.39, 0.29) is 11.3 Å². The van der Waals surface area contributed by atoms with Gasteiger partial charge < -0.3 is 10.6 Å². The van der Waals surface area contributed by atoms with Gasteiger partial charge in [-0.05, 0) is 60.2 Å². The first-order valence-electron chi connectivity index (χ1n) is 6.54. The standard InChI is InChI=1S/C14H18ClIN2O/c1-2-5-14(6-7-17-9-14)13(19)18-12-4-3-10(16)8-11(12)15/h3-4,8,17H,2,5-7,9H2,1H3,(H,18,19). The van der Waals surface area contributed by atoms with Gasteiger partial charge in [-0.3, -0.25) is 4.79 Å². The van der Waals surface area contributed by atoms with E-state index in [9.17, 15) is 4.79 Å². The van der Waals surface area contributed by atoms with Crippen LogP contribution in [0.1, 0.15) is 26.2 Å². The smallest absolute Gasteiger partial charge is 0.231 e. The largest absolute Gasteiger partial charge is 0.324 e. The van der Waals surface area contributed by atoms with Crippen LogP contribution in [0.3, 0.4) is 0 Å². The highest BCUT2D eigenvalue weighted by molar-refractivity contribution is 14.1. The van der Waals surface area contributed by atoms with Crippen molar-refractivity contribution in [1.29, 1.82) is 0 Å². The van der Waals surface area contributed by atoms with E-state index in [0.717, 1.165) is 35.9 Å². The molecule has 1 aliphatic heterocycles. The summed E-state index contributed by atoms with van der Waals surface area (Å²) in [5.41, 5.74) is 0.426. The van der Waals surface area contributed by atoms with E-state index in [1.807, 2.05) is 18.2 Å². The van der Waals surface area contributed by atoms with Gasteiger partial charge in [0.25, 0.3) is 0 Å². The third kappa shape index (κ3) is 3.41. The number of carbonyl (C=O) groups excluding carboxylic acids is 1. The second kappa shape index (κ2) is 6.41. The van der Waals surface area contributed by atoms with E-state index in [2.05, 4.69) is 40.1 Å². The molecule has 0 saturated carbocycles. The fourth-order valence-electron chi connectivity index (χ4n) is 2.59. The van der Waals surface area contributed by atoms with Crippen LogP contribution in [-0.4, -0.2) is 19.0 Å². The molecule has 1 heterocycles. The number of anilines is 1. The lowest BCUT2D eigenvalue weighted by molar-refractivity contribution is -0.125. The Balaban J connectivity index is 2.15. The Morgan fingerprint density at radius 1 is 1.58 bits per heavy atom. The molecule has 0 aliphatic carbocycles. The Bertz CT molecular complexity index is 473. The van der Waals surface area contributed by atoms with Crippen molar-refractivity contribution in [3.63, 3.8) is 0 Å². The molecule has 0 bridgehead atoms. The lowest BCUT2D eigenvalue weighted by Gasteiger charge is -2.26. The molecule has 2 N–H and O–H groups in total. The Labute approximate surface area is 132 Å². The molecule has 2 rings (SSSR count). The number of nitrogens with one attached hydrogen (secondary N) is 2. The summed E-state index contributed by atoms with van der Waals surface area (Å²) in [5, 5.41) is 6.88. The summed E-state index contributed by atoms with van der Waals surface area (Å²) in [6.07, 6.45) is 2.82. The van der Waals surface area contributed by atoms with Crippen LogP contribution in [0, 0.1) is 8.99 Å². The molecule has 1 saturated heterocycles. The molecule has 1 aliphatic rings. The van der Waals surface area contributed by atoms with Crippen LogP contribution in [0.4, 0.5) is 5.69 Å². The van der Waals surface area contributed by atoms with Gasteiger partial charge >= 0.3 is 0 Å². The average molecular weight is 393 g/mol. The van der Waals surface area contributed by atoms with Crippen molar-refractivity contribution in [2.45, 2.75) is 26.2 Å². The van der Waals surface area contributed by atoms with E-state index >= 15 is 0 Å². The number of carbonyl (C=O) groups is 1. The molecule has 0 spiro atoms. The maximum Gasteiger partial charge on any atom is 0.231 e. The van der Waals surface area contributed by atoms with Crippen molar-refractivity contribution in [3.8, 4) is 0 Å². The molecule has 5 heteroatoms. The first-order valence-corrected chi connectivity index (χ1v) is 8.00. The summed E-state index contributed by atoms with van der Waals surface area (Å²) in [6, 6.07) is 5.67. The highest BCUT2D eigenvalue weighted by Crippen LogP contribution is 2.34. The van der Waals surface area contributed by atoms with E-state index in [4.69, 9.17) is 11.6 Å². The highest BCUT2D eigenvalue weighted by atomic mass is 127. The normalized spacial score (nSPS) is 22.5. The molecule has 104 valence electrons.